The van der Waals surface area contributed by atoms with Crippen LogP contribution in [0.15, 0.2) is 59.4 Å². The molecule has 0 saturated heterocycles. The summed E-state index contributed by atoms with van der Waals surface area (Å²) in [5.74, 6) is -3.30. The maximum absolute atomic E-state index is 14.4. The van der Waals surface area contributed by atoms with E-state index < -0.39 is 34.9 Å². The first kappa shape index (κ1) is 29.6. The summed E-state index contributed by atoms with van der Waals surface area (Å²) in [6.07, 6.45) is -1.59. The van der Waals surface area contributed by atoms with Crippen LogP contribution in [0.5, 0.6) is 5.75 Å². The Balaban J connectivity index is 1.61. The molecule has 1 aromatic heterocycles. The van der Waals surface area contributed by atoms with Crippen LogP contribution < -0.4 is 4.74 Å². The van der Waals surface area contributed by atoms with Crippen LogP contribution in [0.1, 0.15) is 38.0 Å². The van der Waals surface area contributed by atoms with Gasteiger partial charge < -0.3 is 14.0 Å². The Kier molecular flexibility index (Phi) is 7.86. The van der Waals surface area contributed by atoms with Crippen molar-refractivity contribution >= 4 is 5.97 Å². The van der Waals surface area contributed by atoms with Gasteiger partial charge in [-0.2, -0.15) is 18.3 Å². The molecule has 0 N–H and O–H groups in total. The number of imidazole rings is 1. The van der Waals surface area contributed by atoms with Crippen LogP contribution in [-0.2, 0) is 21.2 Å². The van der Waals surface area contributed by atoms with E-state index in [1.807, 2.05) is 6.92 Å². The minimum atomic E-state index is -4.75. The van der Waals surface area contributed by atoms with Crippen molar-refractivity contribution in [1.29, 1.82) is 0 Å². The maximum Gasteiger partial charge on any atom is 0.417 e. The van der Waals surface area contributed by atoms with Crippen molar-refractivity contribution < 1.29 is 40.7 Å². The van der Waals surface area contributed by atoms with Gasteiger partial charge in [-0.15, -0.1) is 0 Å². The second kappa shape index (κ2) is 11.4. The number of ether oxygens (including phenoxy) is 2. The molecular weight excluding hydrogens is 577 g/mol. The van der Waals surface area contributed by atoms with Crippen LogP contribution in [0.3, 0.4) is 0 Å². The molecule has 14 heteroatoms. The van der Waals surface area contributed by atoms with Crippen molar-refractivity contribution in [2.75, 3.05) is 13.7 Å². The Hall–Kier alpha value is -4.88. The normalized spacial score (nSPS) is 13.2. The highest BCUT2D eigenvalue weighted by Gasteiger charge is 2.47. The summed E-state index contributed by atoms with van der Waals surface area (Å²) in [4.78, 5) is 21.8. The minimum absolute atomic E-state index is 0.0348. The lowest BCUT2D eigenvalue weighted by Crippen LogP contribution is -2.44. The molecule has 0 radical (unpaired) electrons. The molecule has 0 spiro atoms. The van der Waals surface area contributed by atoms with E-state index in [0.717, 1.165) is 23.9 Å². The van der Waals surface area contributed by atoms with Gasteiger partial charge in [0.1, 0.15) is 22.8 Å². The van der Waals surface area contributed by atoms with Gasteiger partial charge in [-0.05, 0) is 43.2 Å². The van der Waals surface area contributed by atoms with Crippen molar-refractivity contribution in [3.63, 3.8) is 0 Å². The van der Waals surface area contributed by atoms with E-state index in [4.69, 9.17) is 14.0 Å². The van der Waals surface area contributed by atoms with E-state index in [0.29, 0.717) is 6.42 Å². The molecule has 2 aromatic carbocycles. The van der Waals surface area contributed by atoms with Gasteiger partial charge in [0.25, 0.3) is 0 Å². The number of esters is 1. The maximum atomic E-state index is 14.4. The molecule has 5 rings (SSSR count). The third-order valence-corrected chi connectivity index (χ3v) is 6.85. The predicted molar refractivity (Wildman–Crippen MR) is 142 cm³/mol. The highest BCUT2D eigenvalue weighted by Crippen LogP contribution is 2.41. The van der Waals surface area contributed by atoms with E-state index in [2.05, 4.69) is 20.2 Å². The number of alkyl halides is 3. The van der Waals surface area contributed by atoms with E-state index in [9.17, 15) is 26.7 Å². The predicted octanol–water partition coefficient (Wildman–Crippen LogP) is 6.51. The van der Waals surface area contributed by atoms with Gasteiger partial charge in [-0.1, -0.05) is 25.1 Å². The van der Waals surface area contributed by atoms with Gasteiger partial charge in [0.15, 0.2) is 23.2 Å². The SMILES string of the molecule is CCCOc1ccc(-c2cc(C(CC)(C(=O)OC)n3cc4nc(-c5cccc(F)c5F)nc-4cn3)on2)c(C(F)(F)F)c1. The minimum Gasteiger partial charge on any atom is -0.494 e. The molecule has 2 aliphatic rings. The lowest BCUT2D eigenvalue weighted by Gasteiger charge is -2.28. The highest BCUT2D eigenvalue weighted by molar-refractivity contribution is 5.83. The summed E-state index contributed by atoms with van der Waals surface area (Å²) in [6, 6.07) is 8.27. The number of carbonyl (C=O) groups excluding carboxylic acids is 1. The standard InChI is InChI=1S/C29H24F5N5O4/c1-4-11-42-16-9-10-17(19(12-16)29(32,33)34)21-13-24(43-38-21)28(5-2,27(40)41-3)39-15-23-22(14-35-39)36-26(37-23)18-7-6-8-20(30)25(18)31/h6-10,12-15H,4-5,11H2,1-3H3. The quantitative estimate of drug-likeness (QED) is 0.139. The van der Waals surface area contributed by atoms with Crippen LogP contribution in [-0.4, -0.2) is 44.6 Å². The average Bonchev–Trinajstić information content (AvgIpc) is 3.65. The van der Waals surface area contributed by atoms with Gasteiger partial charge in [0.05, 0.1) is 37.2 Å². The summed E-state index contributed by atoms with van der Waals surface area (Å²) in [5, 5.41) is 8.15. The zero-order valence-corrected chi connectivity index (χ0v) is 23.1. The molecule has 2 aliphatic heterocycles. The summed E-state index contributed by atoms with van der Waals surface area (Å²) < 4.78 is 87.5. The van der Waals surface area contributed by atoms with Gasteiger partial charge in [0.2, 0.25) is 5.54 Å². The highest BCUT2D eigenvalue weighted by atomic mass is 19.4. The average molecular weight is 602 g/mol. The number of hydrogen-bond acceptors (Lipinski definition) is 8. The van der Waals surface area contributed by atoms with Gasteiger partial charge in [0, 0.05) is 11.6 Å². The Labute approximate surface area is 241 Å². The zero-order valence-electron chi connectivity index (χ0n) is 23.1. The van der Waals surface area contributed by atoms with Crippen molar-refractivity contribution in [2.24, 2.45) is 0 Å². The molecule has 224 valence electrons. The summed E-state index contributed by atoms with van der Waals surface area (Å²) >= 11 is 0. The number of halogens is 5. The van der Waals surface area contributed by atoms with E-state index in [1.54, 1.807) is 6.92 Å². The molecule has 0 aliphatic carbocycles. The molecule has 9 nitrogen and oxygen atoms in total. The van der Waals surface area contributed by atoms with Crippen molar-refractivity contribution in [3.8, 4) is 39.8 Å². The van der Waals surface area contributed by atoms with Crippen LogP contribution in [0.2, 0.25) is 0 Å². The number of carbonyl (C=O) groups is 1. The molecule has 0 fully saturated rings. The Morgan fingerprint density at radius 3 is 2.47 bits per heavy atom. The molecule has 3 heterocycles. The van der Waals surface area contributed by atoms with Gasteiger partial charge in [-0.3, -0.25) is 0 Å². The summed E-state index contributed by atoms with van der Waals surface area (Å²) in [6.45, 7) is 3.68. The second-order valence-corrected chi connectivity index (χ2v) is 9.47. The fraction of sp³-hybridized carbons (Fsp3) is 0.276. The lowest BCUT2D eigenvalue weighted by atomic mass is 9.91. The van der Waals surface area contributed by atoms with Crippen LogP contribution >= 0.6 is 0 Å². The smallest absolute Gasteiger partial charge is 0.417 e. The monoisotopic (exact) mass is 601 g/mol. The number of methoxy groups -OCH3 is 1. The van der Waals surface area contributed by atoms with Crippen LogP contribution in [0, 0.1) is 11.6 Å². The number of hydrogen-bond donors (Lipinski definition) is 0. The molecule has 1 unspecified atom stereocenters. The van der Waals surface area contributed by atoms with Crippen LogP contribution in [0.4, 0.5) is 22.0 Å². The molecule has 0 saturated carbocycles. The number of aromatic nitrogens is 5. The van der Waals surface area contributed by atoms with E-state index >= 15 is 0 Å². The van der Waals surface area contributed by atoms with Crippen LogP contribution in [0.25, 0.3) is 34.0 Å². The molecule has 0 amide bonds. The molecule has 3 aromatic rings. The second-order valence-electron chi connectivity index (χ2n) is 9.47. The number of fused-ring (bicyclic) bond motifs is 1. The van der Waals surface area contributed by atoms with Gasteiger partial charge in [-0.25, -0.2) is 28.2 Å². The van der Waals surface area contributed by atoms with Crippen molar-refractivity contribution in [1.82, 2.24) is 24.9 Å². The topological polar surface area (TPSA) is 105 Å². The lowest BCUT2D eigenvalue weighted by molar-refractivity contribution is -0.150. The largest absolute Gasteiger partial charge is 0.494 e. The third-order valence-electron chi connectivity index (χ3n) is 6.85. The molecular formula is C29H24F5N5O4. The fourth-order valence-corrected chi connectivity index (χ4v) is 4.67. The summed E-state index contributed by atoms with van der Waals surface area (Å²) in [5.41, 5.74) is -3.12. The van der Waals surface area contributed by atoms with E-state index in [1.165, 1.54) is 42.7 Å². The number of nitrogens with zero attached hydrogens (tertiary/aromatic N) is 5. The Morgan fingerprint density at radius 2 is 1.77 bits per heavy atom. The van der Waals surface area contributed by atoms with Gasteiger partial charge >= 0.3 is 12.1 Å². The Bertz CT molecular complexity index is 1750. The third kappa shape index (κ3) is 5.28. The molecule has 43 heavy (non-hydrogen) atoms. The Morgan fingerprint density at radius 1 is 1.00 bits per heavy atom. The molecule has 0 bridgehead atoms. The number of benzene rings is 2. The fourth-order valence-electron chi connectivity index (χ4n) is 4.67. The number of rotatable bonds is 9. The van der Waals surface area contributed by atoms with E-state index in [-0.39, 0.29) is 58.6 Å². The molecule has 1 atom stereocenters. The zero-order chi connectivity index (χ0) is 30.9. The first-order valence-electron chi connectivity index (χ1n) is 13.1. The van der Waals surface area contributed by atoms with Crippen molar-refractivity contribution in [3.05, 3.63) is 77.8 Å². The first-order chi connectivity index (χ1) is 20.5. The summed E-state index contributed by atoms with van der Waals surface area (Å²) in [7, 11) is 1.13. The van der Waals surface area contributed by atoms with Crippen molar-refractivity contribution in [2.45, 2.75) is 38.4 Å². The first-order valence-corrected chi connectivity index (χ1v) is 13.1.